The molecular formula is C30H56Fe2N2O3. The van der Waals surface area contributed by atoms with Crippen LogP contribution >= 0.6 is 0 Å². The minimum atomic E-state index is -1.14. The molecule has 4 aliphatic carbocycles. The van der Waals surface area contributed by atoms with Crippen molar-refractivity contribution in [2.24, 2.45) is 11.8 Å². The molecule has 4 rings (SSSR count). The van der Waals surface area contributed by atoms with Crippen LogP contribution in [0.15, 0.2) is 0 Å². The molecule has 37 heavy (non-hydrogen) atoms. The smallest absolute Gasteiger partial charge is 0.455 e. The van der Waals surface area contributed by atoms with E-state index in [0.717, 1.165) is 51.4 Å². The van der Waals surface area contributed by atoms with Gasteiger partial charge in [0.15, 0.2) is 6.61 Å². The molecule has 0 spiro atoms. The first-order valence-electron chi connectivity index (χ1n) is 12.9. The van der Waals surface area contributed by atoms with Crippen LogP contribution in [0, 0.1) is 48.1 Å². The first kappa shape index (κ1) is 46.3. The Kier molecular flexibility index (Phi) is 33.9. The molecule has 4 saturated carbocycles. The molecule has 0 aromatic heterocycles. The Morgan fingerprint density at radius 3 is 1.35 bits per heavy atom. The summed E-state index contributed by atoms with van der Waals surface area (Å²) in [5.41, 5.74) is -1.14. The summed E-state index contributed by atoms with van der Waals surface area (Å²) < 4.78 is 5.28. The molecule has 1 amide bonds. The summed E-state index contributed by atoms with van der Waals surface area (Å²) >= 11 is 0. The SMILES string of the molecule is C1CCCC1.C1CCCC1.[C-]#[N+]C(C)(COC(=O)C1CCCC1)NC(=O)C1CCCC1.[CH3-].[CH3-].[CH3-].[CH3-].[Fe+2].[Fe+2]. The van der Waals surface area contributed by atoms with Gasteiger partial charge in [-0.05, 0) is 25.7 Å². The van der Waals surface area contributed by atoms with E-state index in [1.54, 1.807) is 6.92 Å². The number of nitrogens with zero attached hydrogens (tertiary/aromatic N) is 1. The zero-order valence-corrected chi connectivity index (χ0v) is 26.7. The molecule has 220 valence electrons. The molecular weight excluding hydrogens is 548 g/mol. The summed E-state index contributed by atoms with van der Waals surface area (Å²) in [6.07, 6.45) is 22.8. The monoisotopic (exact) mass is 604 g/mol. The summed E-state index contributed by atoms with van der Waals surface area (Å²) in [5.74, 6) is -0.317. The van der Waals surface area contributed by atoms with Crippen LogP contribution in [0.3, 0.4) is 0 Å². The fraction of sp³-hybridized carbons (Fsp3) is 0.767. The van der Waals surface area contributed by atoms with E-state index in [4.69, 9.17) is 11.3 Å². The first-order valence-corrected chi connectivity index (χ1v) is 12.9. The first-order chi connectivity index (χ1) is 15.0. The van der Waals surface area contributed by atoms with Crippen molar-refractivity contribution in [2.75, 3.05) is 6.61 Å². The standard InChI is InChI=1S/C16H24N2O3.2C5H10.4CH3.2Fe/c1-16(17-2,18-14(19)12-7-3-4-8-12)11-21-15(20)13-9-5-6-10-13;2*1-2-4-5-3-1;;;;;;/h12-13H,3-11H2,1H3,(H,18,19);2*1-5H2;4*1H3;;/q;;;4*-1;2*+2. The number of carbonyl (C=O) groups is 2. The Hall–Kier alpha value is -0.531. The Bertz CT molecular complexity index is 553. The number of amides is 1. The van der Waals surface area contributed by atoms with Crippen LogP contribution in [0.1, 0.15) is 122 Å². The quantitative estimate of drug-likeness (QED) is 0.195. The van der Waals surface area contributed by atoms with Gasteiger partial charge in [-0.25, -0.2) is 6.57 Å². The fourth-order valence-electron chi connectivity index (χ4n) is 4.91. The third kappa shape index (κ3) is 19.2. The number of carbonyl (C=O) groups excluding carboxylic acids is 2. The second-order valence-electron chi connectivity index (χ2n) is 9.98. The van der Waals surface area contributed by atoms with Gasteiger partial charge < -0.3 is 34.4 Å². The van der Waals surface area contributed by atoms with E-state index in [2.05, 4.69) is 10.2 Å². The van der Waals surface area contributed by atoms with Gasteiger partial charge in [0.1, 0.15) is 0 Å². The summed E-state index contributed by atoms with van der Waals surface area (Å²) in [4.78, 5) is 27.5. The van der Waals surface area contributed by atoms with Gasteiger partial charge in [0.05, 0.1) is 5.92 Å². The molecule has 0 aromatic carbocycles. The number of hydrogen-bond acceptors (Lipinski definition) is 3. The van der Waals surface area contributed by atoms with E-state index >= 15 is 0 Å². The van der Waals surface area contributed by atoms with Gasteiger partial charge >= 0.3 is 45.8 Å². The van der Waals surface area contributed by atoms with Crippen molar-refractivity contribution in [1.82, 2.24) is 5.32 Å². The van der Waals surface area contributed by atoms with E-state index in [9.17, 15) is 9.59 Å². The third-order valence-electron chi connectivity index (χ3n) is 7.05. The molecule has 0 saturated heterocycles. The van der Waals surface area contributed by atoms with Crippen molar-refractivity contribution in [3.63, 3.8) is 0 Å². The van der Waals surface area contributed by atoms with Crippen molar-refractivity contribution in [1.29, 1.82) is 0 Å². The summed E-state index contributed by atoms with van der Waals surface area (Å²) in [7, 11) is 0. The fourth-order valence-corrected chi connectivity index (χ4v) is 4.91. The van der Waals surface area contributed by atoms with E-state index < -0.39 is 5.66 Å². The zero-order valence-electron chi connectivity index (χ0n) is 24.5. The zero-order chi connectivity index (χ0) is 22.4. The second-order valence-corrected chi connectivity index (χ2v) is 9.98. The number of rotatable bonds is 5. The largest absolute Gasteiger partial charge is 2.00 e. The van der Waals surface area contributed by atoms with Crippen LogP contribution in [0.25, 0.3) is 4.85 Å². The number of esters is 1. The second kappa shape index (κ2) is 27.1. The third-order valence-corrected chi connectivity index (χ3v) is 7.05. The van der Waals surface area contributed by atoms with Crippen molar-refractivity contribution in [3.05, 3.63) is 41.1 Å². The molecule has 0 heterocycles. The van der Waals surface area contributed by atoms with Crippen molar-refractivity contribution in [2.45, 2.75) is 128 Å². The van der Waals surface area contributed by atoms with Crippen molar-refractivity contribution >= 4 is 11.9 Å². The predicted octanol–water partition coefficient (Wildman–Crippen LogP) is 8.36. The van der Waals surface area contributed by atoms with Gasteiger partial charge in [-0.2, -0.15) is 0 Å². The molecule has 1 atom stereocenters. The molecule has 0 aliphatic heterocycles. The van der Waals surface area contributed by atoms with E-state index in [1.807, 2.05) is 0 Å². The topological polar surface area (TPSA) is 59.8 Å². The maximum atomic E-state index is 12.1. The van der Waals surface area contributed by atoms with Crippen LogP contribution in [-0.4, -0.2) is 24.1 Å². The summed E-state index contributed by atoms with van der Waals surface area (Å²) in [5, 5.41) is 2.76. The van der Waals surface area contributed by atoms with Crippen molar-refractivity contribution < 1.29 is 48.5 Å². The molecule has 0 radical (unpaired) electrons. The molecule has 1 unspecified atom stereocenters. The van der Waals surface area contributed by atoms with Crippen LogP contribution in [0.4, 0.5) is 0 Å². The van der Waals surface area contributed by atoms with Crippen LogP contribution < -0.4 is 5.32 Å². The van der Waals surface area contributed by atoms with Gasteiger partial charge in [0.2, 0.25) is 5.91 Å². The van der Waals surface area contributed by atoms with Gasteiger partial charge in [-0.3, -0.25) is 19.8 Å². The van der Waals surface area contributed by atoms with E-state index in [1.165, 1.54) is 64.2 Å². The van der Waals surface area contributed by atoms with Crippen LogP contribution in [-0.2, 0) is 48.5 Å². The van der Waals surface area contributed by atoms with Gasteiger partial charge in [0, 0.05) is 12.8 Å². The minimum Gasteiger partial charge on any atom is -0.455 e. The molecule has 4 aliphatic rings. The molecule has 5 nitrogen and oxygen atoms in total. The van der Waals surface area contributed by atoms with Gasteiger partial charge in [-0.1, -0.05) is 89.9 Å². The Labute approximate surface area is 252 Å². The van der Waals surface area contributed by atoms with Gasteiger partial charge in [-0.15, -0.1) is 0 Å². The molecule has 4 fully saturated rings. The Morgan fingerprint density at radius 1 is 0.703 bits per heavy atom. The Balaban J connectivity index is -0.000000180. The average Bonchev–Trinajstić information content (AvgIpc) is 3.61. The van der Waals surface area contributed by atoms with Crippen LogP contribution in [0.2, 0.25) is 0 Å². The van der Waals surface area contributed by atoms with E-state index in [0.29, 0.717) is 0 Å². The van der Waals surface area contributed by atoms with E-state index in [-0.39, 0.29) is 94.2 Å². The maximum Gasteiger partial charge on any atom is 2.00 e. The predicted molar refractivity (Wildman–Crippen MR) is 150 cm³/mol. The van der Waals surface area contributed by atoms with Gasteiger partial charge in [0.25, 0.3) is 0 Å². The molecule has 7 heteroatoms. The maximum absolute atomic E-state index is 12.1. The normalized spacial score (nSPS) is 19.2. The number of hydrogen-bond donors (Lipinski definition) is 1. The molecule has 1 N–H and O–H groups in total. The molecule has 0 bridgehead atoms. The number of ether oxygens (including phenoxy) is 1. The number of nitrogens with one attached hydrogen (secondary N) is 1. The summed E-state index contributed by atoms with van der Waals surface area (Å²) in [6.45, 7) is 8.85. The van der Waals surface area contributed by atoms with Crippen molar-refractivity contribution in [3.8, 4) is 0 Å². The average molecular weight is 604 g/mol. The minimum absolute atomic E-state index is 0. The Morgan fingerprint density at radius 2 is 1.03 bits per heavy atom. The summed E-state index contributed by atoms with van der Waals surface area (Å²) in [6, 6.07) is 0. The van der Waals surface area contributed by atoms with Crippen LogP contribution in [0.5, 0.6) is 0 Å². The molecule has 0 aromatic rings.